The number of anilines is 1. The highest BCUT2D eigenvalue weighted by atomic mass is 16.6. The Morgan fingerprint density at radius 2 is 1.52 bits per heavy atom. The molecule has 0 aromatic heterocycles. The smallest absolute Gasteiger partial charge is 0.344 e. The van der Waals surface area contributed by atoms with Crippen molar-refractivity contribution < 1.29 is 23.9 Å². The number of rotatable bonds is 9. The quantitative estimate of drug-likeness (QED) is 0.504. The van der Waals surface area contributed by atoms with Crippen LogP contribution in [0.25, 0.3) is 0 Å². The number of benzene rings is 2. The van der Waals surface area contributed by atoms with Gasteiger partial charge in [-0.3, -0.25) is 9.59 Å². The third kappa shape index (κ3) is 6.45. The predicted molar refractivity (Wildman–Crippen MR) is 112 cm³/mol. The lowest BCUT2D eigenvalue weighted by atomic mass is 9.92. The first kappa shape index (κ1) is 22.1. The molecule has 1 amide bonds. The van der Waals surface area contributed by atoms with Gasteiger partial charge in [0.2, 0.25) is 0 Å². The van der Waals surface area contributed by atoms with E-state index in [1.165, 1.54) is 0 Å². The van der Waals surface area contributed by atoms with Crippen molar-refractivity contribution >= 4 is 23.9 Å². The van der Waals surface area contributed by atoms with Gasteiger partial charge < -0.3 is 14.8 Å². The van der Waals surface area contributed by atoms with Crippen LogP contribution >= 0.6 is 0 Å². The number of carbonyl (C=O) groups is 3. The molecule has 0 saturated heterocycles. The first-order chi connectivity index (χ1) is 13.8. The van der Waals surface area contributed by atoms with Gasteiger partial charge in [0.25, 0.3) is 5.91 Å². The van der Waals surface area contributed by atoms with Gasteiger partial charge in [0, 0.05) is 11.3 Å². The lowest BCUT2D eigenvalue weighted by molar-refractivity contribution is -0.149. The number of hydrogen-bond acceptors (Lipinski definition) is 5. The predicted octanol–water partition coefficient (Wildman–Crippen LogP) is 4.31. The van der Waals surface area contributed by atoms with Crippen molar-refractivity contribution in [2.45, 2.75) is 39.5 Å². The van der Waals surface area contributed by atoms with Crippen LogP contribution in [0.1, 0.15) is 61.0 Å². The van der Waals surface area contributed by atoms with Gasteiger partial charge in [0.15, 0.2) is 13.2 Å². The van der Waals surface area contributed by atoms with Crippen molar-refractivity contribution in [3.8, 4) is 5.75 Å². The first-order valence-electron chi connectivity index (χ1n) is 9.58. The molecule has 1 N–H and O–H groups in total. The fourth-order valence-electron chi connectivity index (χ4n) is 2.84. The van der Waals surface area contributed by atoms with Crippen LogP contribution in [0.3, 0.4) is 0 Å². The standard InChI is InChI=1S/C23H27NO5/c1-15(2)19-6-5-7-20(16(3)4)23(19)24-21(26)13-29-22(27)14-28-18-10-8-17(12-25)9-11-18/h5-12,15-16H,13-14H2,1-4H3,(H,24,26). The fraction of sp³-hybridized carbons (Fsp3) is 0.348. The summed E-state index contributed by atoms with van der Waals surface area (Å²) in [6.45, 7) is 7.54. The Morgan fingerprint density at radius 1 is 0.931 bits per heavy atom. The van der Waals surface area contributed by atoms with Crippen LogP contribution in [0.2, 0.25) is 0 Å². The van der Waals surface area contributed by atoms with E-state index in [2.05, 4.69) is 33.0 Å². The van der Waals surface area contributed by atoms with Crippen LogP contribution in [-0.4, -0.2) is 31.4 Å². The average molecular weight is 397 g/mol. The van der Waals surface area contributed by atoms with E-state index < -0.39 is 18.5 Å². The molecule has 0 bridgehead atoms. The van der Waals surface area contributed by atoms with Crippen molar-refractivity contribution in [3.63, 3.8) is 0 Å². The van der Waals surface area contributed by atoms with Crippen LogP contribution < -0.4 is 10.1 Å². The van der Waals surface area contributed by atoms with Gasteiger partial charge in [-0.25, -0.2) is 4.79 Å². The highest BCUT2D eigenvalue weighted by Gasteiger charge is 2.17. The topological polar surface area (TPSA) is 81.7 Å². The van der Waals surface area contributed by atoms with E-state index in [0.717, 1.165) is 23.1 Å². The van der Waals surface area contributed by atoms with E-state index >= 15 is 0 Å². The summed E-state index contributed by atoms with van der Waals surface area (Å²) in [6, 6.07) is 12.3. The van der Waals surface area contributed by atoms with Crippen molar-refractivity contribution in [2.75, 3.05) is 18.5 Å². The third-order valence-electron chi connectivity index (χ3n) is 4.37. The van der Waals surface area contributed by atoms with Gasteiger partial charge in [-0.1, -0.05) is 45.9 Å². The van der Waals surface area contributed by atoms with E-state index in [4.69, 9.17) is 9.47 Å². The molecule has 0 heterocycles. The third-order valence-corrected chi connectivity index (χ3v) is 4.37. The van der Waals surface area contributed by atoms with E-state index in [9.17, 15) is 14.4 Å². The van der Waals surface area contributed by atoms with Gasteiger partial charge in [-0.2, -0.15) is 0 Å². The Labute approximate surface area is 171 Å². The second-order valence-corrected chi connectivity index (χ2v) is 7.31. The van der Waals surface area contributed by atoms with E-state index in [0.29, 0.717) is 11.3 Å². The fourth-order valence-corrected chi connectivity index (χ4v) is 2.84. The molecule has 0 radical (unpaired) electrons. The molecule has 0 aliphatic carbocycles. The summed E-state index contributed by atoms with van der Waals surface area (Å²) in [6.07, 6.45) is 0.721. The van der Waals surface area contributed by atoms with E-state index in [-0.39, 0.29) is 18.4 Å². The molecule has 0 saturated carbocycles. The van der Waals surface area contributed by atoms with Crippen LogP contribution in [0, 0.1) is 0 Å². The molecule has 0 aliphatic heterocycles. The summed E-state index contributed by atoms with van der Waals surface area (Å²) in [7, 11) is 0. The molecule has 2 aromatic rings. The number of amides is 1. The van der Waals surface area contributed by atoms with Gasteiger partial charge >= 0.3 is 5.97 Å². The molecular formula is C23H27NO5. The maximum Gasteiger partial charge on any atom is 0.344 e. The second kappa shape index (κ2) is 10.4. The summed E-state index contributed by atoms with van der Waals surface area (Å²) in [5, 5.41) is 2.89. The van der Waals surface area contributed by atoms with Gasteiger partial charge in [0.05, 0.1) is 0 Å². The Bertz CT molecular complexity index is 830. The summed E-state index contributed by atoms with van der Waals surface area (Å²) < 4.78 is 10.3. The SMILES string of the molecule is CC(C)c1cccc(C(C)C)c1NC(=O)COC(=O)COc1ccc(C=O)cc1. The van der Waals surface area contributed by atoms with Crippen LogP contribution in [0.5, 0.6) is 5.75 Å². The molecule has 0 atom stereocenters. The molecule has 2 rings (SSSR count). The normalized spacial score (nSPS) is 10.7. The van der Waals surface area contributed by atoms with Crippen LogP contribution in [-0.2, 0) is 14.3 Å². The van der Waals surface area contributed by atoms with Crippen molar-refractivity contribution in [3.05, 3.63) is 59.2 Å². The second-order valence-electron chi connectivity index (χ2n) is 7.31. The Morgan fingerprint density at radius 3 is 2.03 bits per heavy atom. The van der Waals surface area contributed by atoms with E-state index in [1.807, 2.05) is 18.2 Å². The zero-order chi connectivity index (χ0) is 21.4. The van der Waals surface area contributed by atoms with Gasteiger partial charge in [0.1, 0.15) is 12.0 Å². The molecule has 2 aromatic carbocycles. The maximum atomic E-state index is 12.3. The molecule has 0 fully saturated rings. The minimum absolute atomic E-state index is 0.241. The van der Waals surface area contributed by atoms with Crippen molar-refractivity contribution in [2.24, 2.45) is 0 Å². The zero-order valence-electron chi connectivity index (χ0n) is 17.2. The summed E-state index contributed by atoms with van der Waals surface area (Å²) in [5.41, 5.74) is 3.38. The Kier molecular flexibility index (Phi) is 7.95. The zero-order valence-corrected chi connectivity index (χ0v) is 17.2. The highest BCUT2D eigenvalue weighted by Crippen LogP contribution is 2.32. The number of hydrogen-bond donors (Lipinski definition) is 1. The monoisotopic (exact) mass is 397 g/mol. The van der Waals surface area contributed by atoms with Crippen LogP contribution in [0.15, 0.2) is 42.5 Å². The molecule has 6 heteroatoms. The minimum Gasteiger partial charge on any atom is -0.482 e. The number of aldehydes is 1. The summed E-state index contributed by atoms with van der Waals surface area (Å²) >= 11 is 0. The molecule has 0 spiro atoms. The number of para-hydroxylation sites is 1. The largest absolute Gasteiger partial charge is 0.482 e. The Hall–Kier alpha value is -3.15. The first-order valence-corrected chi connectivity index (χ1v) is 9.58. The van der Waals surface area contributed by atoms with Gasteiger partial charge in [-0.05, 0) is 47.2 Å². The van der Waals surface area contributed by atoms with Crippen LogP contribution in [0.4, 0.5) is 5.69 Å². The molecule has 29 heavy (non-hydrogen) atoms. The number of ether oxygens (including phenoxy) is 2. The van der Waals surface area contributed by atoms with Gasteiger partial charge in [-0.15, -0.1) is 0 Å². The van der Waals surface area contributed by atoms with Crippen molar-refractivity contribution in [1.82, 2.24) is 0 Å². The molecule has 0 aliphatic rings. The maximum absolute atomic E-state index is 12.3. The number of carbonyl (C=O) groups excluding carboxylic acids is 3. The lowest BCUT2D eigenvalue weighted by Crippen LogP contribution is -2.24. The summed E-state index contributed by atoms with van der Waals surface area (Å²) in [4.78, 5) is 34.8. The minimum atomic E-state index is -0.652. The molecule has 0 unspecified atom stereocenters. The highest BCUT2D eigenvalue weighted by molar-refractivity contribution is 5.94. The lowest BCUT2D eigenvalue weighted by Gasteiger charge is -2.20. The number of nitrogens with one attached hydrogen (secondary N) is 1. The molecule has 154 valence electrons. The Balaban J connectivity index is 1.90. The van der Waals surface area contributed by atoms with E-state index in [1.54, 1.807) is 24.3 Å². The van der Waals surface area contributed by atoms with Crippen molar-refractivity contribution in [1.29, 1.82) is 0 Å². The average Bonchev–Trinajstić information content (AvgIpc) is 2.70. The molecule has 6 nitrogen and oxygen atoms in total. The number of esters is 1. The summed E-state index contributed by atoms with van der Waals surface area (Å²) in [5.74, 6) is -0.134. The molecular weight excluding hydrogens is 370 g/mol.